The summed E-state index contributed by atoms with van der Waals surface area (Å²) in [6.45, 7) is 0.0472. The van der Waals surface area contributed by atoms with Crippen molar-refractivity contribution in [2.75, 3.05) is 6.54 Å². The van der Waals surface area contributed by atoms with E-state index < -0.39 is 72.6 Å². The van der Waals surface area contributed by atoms with Gasteiger partial charge in [-0.05, 0) is 37.0 Å². The Hall–Kier alpha value is -4.93. The van der Waals surface area contributed by atoms with E-state index >= 15 is 0 Å². The monoisotopic (exact) mass is 581 g/mol. The van der Waals surface area contributed by atoms with Gasteiger partial charge < -0.3 is 53.6 Å². The number of carboxylic acid groups (broad SMARTS) is 3. The molecule has 1 rings (SSSR count). The van der Waals surface area contributed by atoms with Crippen molar-refractivity contribution in [1.29, 1.82) is 0 Å². The molecule has 0 spiro atoms. The minimum absolute atomic E-state index is 0.0425. The van der Waals surface area contributed by atoms with Gasteiger partial charge in [0.2, 0.25) is 17.7 Å². The first-order chi connectivity index (χ1) is 19.2. The van der Waals surface area contributed by atoms with Crippen LogP contribution in [0.4, 0.5) is 0 Å². The molecule has 13 N–H and O–H groups in total. The number of nitrogens with two attached hydrogens (primary N) is 3. The lowest BCUT2D eigenvalue weighted by Gasteiger charge is -2.24. The van der Waals surface area contributed by atoms with Crippen LogP contribution in [0.3, 0.4) is 0 Å². The van der Waals surface area contributed by atoms with Gasteiger partial charge in [0.05, 0.1) is 12.5 Å². The fraction of sp³-hybridized carbons (Fsp3) is 0.458. The second kappa shape index (κ2) is 16.9. The largest absolute Gasteiger partial charge is 0.508 e. The van der Waals surface area contributed by atoms with Crippen molar-refractivity contribution in [2.45, 2.75) is 62.7 Å². The third-order valence-electron chi connectivity index (χ3n) is 5.59. The van der Waals surface area contributed by atoms with Crippen LogP contribution in [-0.4, -0.2) is 92.7 Å². The predicted octanol–water partition coefficient (Wildman–Crippen LogP) is -2.81. The quantitative estimate of drug-likeness (QED) is 0.0476. The zero-order valence-electron chi connectivity index (χ0n) is 22.0. The number of hydrogen-bond donors (Lipinski definition) is 10. The van der Waals surface area contributed by atoms with Crippen LogP contribution in [0.1, 0.15) is 37.7 Å². The number of nitrogens with zero attached hydrogens (tertiary/aromatic N) is 1. The molecule has 1 aromatic carbocycles. The van der Waals surface area contributed by atoms with E-state index in [1.165, 1.54) is 24.3 Å². The number of aliphatic carboxylic acids is 3. The number of hydrogen-bond acceptors (Lipinski definition) is 9. The van der Waals surface area contributed by atoms with Gasteiger partial charge in [-0.25, -0.2) is 4.79 Å². The molecular weight excluding hydrogens is 546 g/mol. The zero-order valence-corrected chi connectivity index (χ0v) is 22.0. The van der Waals surface area contributed by atoms with E-state index in [9.17, 15) is 44.1 Å². The minimum Gasteiger partial charge on any atom is -0.508 e. The molecule has 3 amide bonds. The lowest BCUT2D eigenvalue weighted by atomic mass is 10.0. The van der Waals surface area contributed by atoms with Crippen molar-refractivity contribution >= 4 is 41.6 Å². The second-order valence-corrected chi connectivity index (χ2v) is 8.98. The Labute approximate surface area is 234 Å². The highest BCUT2D eigenvalue weighted by Crippen LogP contribution is 2.12. The first-order valence-electron chi connectivity index (χ1n) is 12.4. The van der Waals surface area contributed by atoms with E-state index in [0.717, 1.165) is 0 Å². The lowest BCUT2D eigenvalue weighted by Crippen LogP contribution is -2.57. The van der Waals surface area contributed by atoms with Gasteiger partial charge in [-0.2, -0.15) is 0 Å². The molecule has 1 aromatic rings. The maximum Gasteiger partial charge on any atom is 0.326 e. The van der Waals surface area contributed by atoms with Gasteiger partial charge >= 0.3 is 17.9 Å². The first kappa shape index (κ1) is 34.1. The highest BCUT2D eigenvalue weighted by Gasteiger charge is 2.31. The van der Waals surface area contributed by atoms with E-state index in [4.69, 9.17) is 22.3 Å². The number of phenolic OH excluding ortho intramolecular Hbond substituents is 1. The number of aromatic hydroxyl groups is 1. The Balaban J connectivity index is 3.09. The van der Waals surface area contributed by atoms with Gasteiger partial charge in [0.1, 0.15) is 23.9 Å². The molecule has 0 heterocycles. The van der Waals surface area contributed by atoms with Gasteiger partial charge in [-0.1, -0.05) is 12.1 Å². The SMILES string of the molecule is NC(N)=NCCCC(NC(=O)C(CC(=O)O)NC(=O)C(N)CCC(=O)O)C(=O)NC(Cc1ccc(O)cc1)C(=O)O. The summed E-state index contributed by atoms with van der Waals surface area (Å²) in [6.07, 6.45) is -1.76. The van der Waals surface area contributed by atoms with Crippen molar-refractivity contribution in [3.8, 4) is 5.75 Å². The molecule has 17 nitrogen and oxygen atoms in total. The van der Waals surface area contributed by atoms with Gasteiger partial charge in [0.15, 0.2) is 5.96 Å². The molecule has 0 aliphatic rings. The highest BCUT2D eigenvalue weighted by atomic mass is 16.4. The molecule has 4 atom stereocenters. The Morgan fingerprint density at radius 1 is 0.780 bits per heavy atom. The molecule has 0 bridgehead atoms. The Kier molecular flexibility index (Phi) is 14.1. The summed E-state index contributed by atoms with van der Waals surface area (Å²) in [5.41, 5.74) is 16.7. The van der Waals surface area contributed by atoms with Crippen LogP contribution in [0.15, 0.2) is 29.3 Å². The van der Waals surface area contributed by atoms with Crippen LogP contribution in [0.5, 0.6) is 5.75 Å². The number of guanidine groups is 1. The van der Waals surface area contributed by atoms with Crippen molar-refractivity contribution in [1.82, 2.24) is 16.0 Å². The summed E-state index contributed by atoms with van der Waals surface area (Å²) in [7, 11) is 0. The van der Waals surface area contributed by atoms with Crippen molar-refractivity contribution in [2.24, 2.45) is 22.2 Å². The van der Waals surface area contributed by atoms with E-state index in [1.807, 2.05) is 0 Å². The molecule has 0 aromatic heterocycles. The third-order valence-corrected chi connectivity index (χ3v) is 5.59. The summed E-state index contributed by atoms with van der Waals surface area (Å²) in [5.74, 6) is -7.33. The Morgan fingerprint density at radius 3 is 1.88 bits per heavy atom. The Morgan fingerprint density at radius 2 is 1.34 bits per heavy atom. The van der Waals surface area contributed by atoms with Crippen LogP contribution in [0.25, 0.3) is 0 Å². The summed E-state index contributed by atoms with van der Waals surface area (Å²) < 4.78 is 0. The molecule has 0 aliphatic carbocycles. The topological polar surface area (TPSA) is 310 Å². The van der Waals surface area contributed by atoms with Crippen molar-refractivity contribution in [3.63, 3.8) is 0 Å². The number of benzene rings is 1. The van der Waals surface area contributed by atoms with Crippen LogP contribution in [0, 0.1) is 0 Å². The summed E-state index contributed by atoms with van der Waals surface area (Å²) >= 11 is 0. The maximum absolute atomic E-state index is 13.1. The van der Waals surface area contributed by atoms with Crippen molar-refractivity contribution in [3.05, 3.63) is 29.8 Å². The molecule has 0 fully saturated rings. The Bertz CT molecular complexity index is 1120. The van der Waals surface area contributed by atoms with E-state index in [2.05, 4.69) is 20.9 Å². The third kappa shape index (κ3) is 13.6. The van der Waals surface area contributed by atoms with Gasteiger partial charge in [0.25, 0.3) is 0 Å². The molecule has 0 saturated carbocycles. The normalized spacial score (nSPS) is 13.5. The minimum atomic E-state index is -1.70. The van der Waals surface area contributed by atoms with Crippen LogP contribution in [0.2, 0.25) is 0 Å². The van der Waals surface area contributed by atoms with Crippen LogP contribution >= 0.6 is 0 Å². The number of carboxylic acids is 3. The number of carbonyl (C=O) groups is 6. The summed E-state index contributed by atoms with van der Waals surface area (Å²) in [6, 6.07) is -0.279. The molecule has 41 heavy (non-hydrogen) atoms. The predicted molar refractivity (Wildman–Crippen MR) is 142 cm³/mol. The van der Waals surface area contributed by atoms with Gasteiger partial charge in [0, 0.05) is 19.4 Å². The molecule has 4 unspecified atom stereocenters. The number of amides is 3. The number of phenols is 1. The summed E-state index contributed by atoms with van der Waals surface area (Å²) in [4.78, 5) is 76.1. The van der Waals surface area contributed by atoms with E-state index in [-0.39, 0.29) is 43.9 Å². The van der Waals surface area contributed by atoms with Crippen LogP contribution in [-0.2, 0) is 35.2 Å². The number of aliphatic imine (C=N–C) groups is 1. The fourth-order valence-corrected chi connectivity index (χ4v) is 3.46. The lowest BCUT2D eigenvalue weighted by molar-refractivity contribution is -0.143. The smallest absolute Gasteiger partial charge is 0.326 e. The maximum atomic E-state index is 13.1. The first-order valence-corrected chi connectivity index (χ1v) is 12.4. The average molecular weight is 582 g/mol. The highest BCUT2D eigenvalue weighted by molar-refractivity contribution is 5.95. The summed E-state index contributed by atoms with van der Waals surface area (Å²) in [5, 5.41) is 43.8. The molecule has 0 aliphatic heterocycles. The fourth-order valence-electron chi connectivity index (χ4n) is 3.46. The standard InChI is InChI=1S/C24H35N7O10/c25-14(7-8-18(33)34)20(37)30-16(11-19(35)36)22(39)29-15(2-1-9-28-24(26)27)21(38)31-17(23(40)41)10-12-3-5-13(32)6-4-12/h3-6,14-17,32H,1-2,7-11,25H2,(H,29,39)(H,30,37)(H,31,38)(H,33,34)(H,35,36)(H,40,41)(H4,26,27,28). The molecule has 0 radical (unpaired) electrons. The molecular formula is C24H35N7O10. The average Bonchev–Trinajstić information content (AvgIpc) is 2.88. The van der Waals surface area contributed by atoms with E-state index in [0.29, 0.717) is 5.56 Å². The van der Waals surface area contributed by atoms with E-state index in [1.54, 1.807) is 0 Å². The van der Waals surface area contributed by atoms with Crippen molar-refractivity contribution < 1.29 is 49.2 Å². The second-order valence-electron chi connectivity index (χ2n) is 8.98. The number of rotatable bonds is 18. The zero-order chi connectivity index (χ0) is 31.1. The van der Waals surface area contributed by atoms with Gasteiger partial charge in [-0.15, -0.1) is 0 Å². The van der Waals surface area contributed by atoms with Crippen LogP contribution < -0.4 is 33.2 Å². The molecule has 0 saturated heterocycles. The molecule has 17 heteroatoms. The molecule has 226 valence electrons. The number of carbonyl (C=O) groups excluding carboxylic acids is 3. The van der Waals surface area contributed by atoms with Gasteiger partial charge in [-0.3, -0.25) is 29.0 Å². The number of nitrogens with one attached hydrogen (secondary N) is 3.